The highest BCUT2D eigenvalue weighted by atomic mass is 16.5. The Hall–Kier alpha value is -1.85. The van der Waals surface area contributed by atoms with Crippen molar-refractivity contribution in [1.82, 2.24) is 19.8 Å². The van der Waals surface area contributed by atoms with Gasteiger partial charge in [0.15, 0.2) is 0 Å². The number of nitrogens with zero attached hydrogens (tertiary/aromatic N) is 3. The molecule has 25 heavy (non-hydrogen) atoms. The summed E-state index contributed by atoms with van der Waals surface area (Å²) in [5, 5.41) is 0. The molecule has 0 radical (unpaired) electrons. The van der Waals surface area contributed by atoms with Crippen LogP contribution < -0.4 is 4.74 Å². The van der Waals surface area contributed by atoms with Crippen LogP contribution in [-0.2, 0) is 6.54 Å². The van der Waals surface area contributed by atoms with Crippen LogP contribution in [0.5, 0.6) is 5.75 Å². The molecule has 0 spiro atoms. The predicted molar refractivity (Wildman–Crippen MR) is 96.6 cm³/mol. The van der Waals surface area contributed by atoms with Gasteiger partial charge in [-0.15, -0.1) is 0 Å². The first-order chi connectivity index (χ1) is 12.3. The van der Waals surface area contributed by atoms with Gasteiger partial charge in [0.05, 0.1) is 13.7 Å². The van der Waals surface area contributed by atoms with Gasteiger partial charge in [-0.05, 0) is 49.5 Å². The maximum Gasteiger partial charge on any atom is 0.120 e. The lowest BCUT2D eigenvalue weighted by molar-refractivity contribution is -0.00924. The van der Waals surface area contributed by atoms with Crippen molar-refractivity contribution >= 4 is 0 Å². The number of fused-ring (bicyclic) bond motifs is 2. The number of aromatic amines is 1. The molecular formula is C20H26N4O. The molecule has 1 N–H and O–H groups in total. The third-order valence-electron chi connectivity index (χ3n) is 6.55. The Kier molecular flexibility index (Phi) is 3.79. The third kappa shape index (κ3) is 2.57. The van der Waals surface area contributed by atoms with Crippen LogP contribution >= 0.6 is 0 Å². The zero-order valence-corrected chi connectivity index (χ0v) is 14.8. The van der Waals surface area contributed by atoms with Gasteiger partial charge in [-0.25, -0.2) is 4.98 Å². The van der Waals surface area contributed by atoms with Crippen molar-refractivity contribution < 1.29 is 4.74 Å². The predicted octanol–water partition coefficient (Wildman–Crippen LogP) is 2.48. The van der Waals surface area contributed by atoms with Gasteiger partial charge in [-0.1, -0.05) is 12.1 Å². The number of benzene rings is 1. The van der Waals surface area contributed by atoms with Crippen molar-refractivity contribution in [2.45, 2.75) is 37.4 Å². The van der Waals surface area contributed by atoms with Gasteiger partial charge in [-0.2, -0.15) is 0 Å². The van der Waals surface area contributed by atoms with E-state index >= 15 is 0 Å². The molecular weight excluding hydrogens is 312 g/mol. The Morgan fingerprint density at radius 3 is 2.64 bits per heavy atom. The zero-order valence-electron chi connectivity index (χ0n) is 14.8. The van der Waals surface area contributed by atoms with Gasteiger partial charge >= 0.3 is 0 Å². The summed E-state index contributed by atoms with van der Waals surface area (Å²) in [4.78, 5) is 13.2. The molecule has 0 amide bonds. The molecule has 4 aliphatic heterocycles. The van der Waals surface area contributed by atoms with Crippen molar-refractivity contribution in [3.8, 4) is 5.75 Å². The van der Waals surface area contributed by atoms with Crippen molar-refractivity contribution in [1.29, 1.82) is 0 Å². The van der Waals surface area contributed by atoms with Crippen LogP contribution in [0.1, 0.15) is 30.1 Å². The number of hydrogen-bond donors (Lipinski definition) is 1. The Balaban J connectivity index is 1.46. The molecule has 1 aromatic heterocycles. The number of hydrogen-bond acceptors (Lipinski definition) is 4. The van der Waals surface area contributed by atoms with E-state index in [4.69, 9.17) is 4.74 Å². The Morgan fingerprint density at radius 1 is 1.16 bits per heavy atom. The molecule has 4 saturated heterocycles. The lowest BCUT2D eigenvalue weighted by Crippen LogP contribution is -2.60. The summed E-state index contributed by atoms with van der Waals surface area (Å²) in [5.41, 5.74) is 1.45. The van der Waals surface area contributed by atoms with Crippen molar-refractivity contribution in [3.05, 3.63) is 48.0 Å². The molecule has 3 atom stereocenters. The van der Waals surface area contributed by atoms with E-state index < -0.39 is 0 Å². The minimum atomic E-state index is 0.578. The summed E-state index contributed by atoms with van der Waals surface area (Å²) >= 11 is 0. The quantitative estimate of drug-likeness (QED) is 0.930. The highest BCUT2D eigenvalue weighted by molar-refractivity contribution is 5.33. The van der Waals surface area contributed by atoms with Crippen LogP contribution in [0.3, 0.4) is 0 Å². The molecule has 6 rings (SSSR count). The van der Waals surface area contributed by atoms with Crippen LogP contribution in [0, 0.1) is 5.92 Å². The van der Waals surface area contributed by atoms with Gasteiger partial charge in [0, 0.05) is 36.9 Å². The lowest BCUT2D eigenvalue weighted by atomic mass is 9.75. The molecule has 5 nitrogen and oxygen atoms in total. The fourth-order valence-corrected chi connectivity index (χ4v) is 5.44. The second kappa shape index (κ2) is 6.15. The van der Waals surface area contributed by atoms with Crippen molar-refractivity contribution in [2.75, 3.05) is 26.7 Å². The molecule has 5 heterocycles. The maximum absolute atomic E-state index is 5.35. The molecule has 4 fully saturated rings. The van der Waals surface area contributed by atoms with E-state index in [0.717, 1.165) is 30.6 Å². The number of rotatable bonds is 4. The largest absolute Gasteiger partial charge is 0.497 e. The fourth-order valence-electron chi connectivity index (χ4n) is 5.44. The first-order valence-corrected chi connectivity index (χ1v) is 9.44. The Labute approximate surface area is 149 Å². The average molecular weight is 338 g/mol. The van der Waals surface area contributed by atoms with Gasteiger partial charge in [0.1, 0.15) is 11.6 Å². The highest BCUT2D eigenvalue weighted by Gasteiger charge is 2.53. The normalized spacial score (nSPS) is 34.2. The summed E-state index contributed by atoms with van der Waals surface area (Å²) in [6, 6.07) is 10.1. The van der Waals surface area contributed by atoms with E-state index in [2.05, 4.69) is 44.0 Å². The van der Waals surface area contributed by atoms with Crippen molar-refractivity contribution in [3.63, 3.8) is 0 Å². The summed E-state index contributed by atoms with van der Waals surface area (Å²) < 4.78 is 5.35. The highest BCUT2D eigenvalue weighted by Crippen LogP contribution is 2.46. The van der Waals surface area contributed by atoms with E-state index in [1.807, 2.05) is 12.4 Å². The molecule has 0 aliphatic carbocycles. The summed E-state index contributed by atoms with van der Waals surface area (Å²) in [5.74, 6) is 3.45. The first kappa shape index (κ1) is 15.4. The van der Waals surface area contributed by atoms with Crippen LogP contribution in [0.2, 0.25) is 0 Å². The van der Waals surface area contributed by atoms with E-state index in [9.17, 15) is 0 Å². The first-order valence-electron chi connectivity index (χ1n) is 9.44. The minimum Gasteiger partial charge on any atom is -0.497 e. The molecule has 1 aromatic carbocycles. The van der Waals surface area contributed by atoms with Gasteiger partial charge in [-0.3, -0.25) is 9.80 Å². The number of aromatic nitrogens is 2. The molecule has 0 saturated carbocycles. The SMILES string of the molecule is COc1ccc([C@@H]2CN(Cc3ncc[nH]3)[C@@H]3C4CCN(CC4)[C@@H]32)cc1. The summed E-state index contributed by atoms with van der Waals surface area (Å²) in [6.07, 6.45) is 6.50. The molecule has 0 unspecified atom stereocenters. The minimum absolute atomic E-state index is 0.578. The van der Waals surface area contributed by atoms with Crippen LogP contribution in [-0.4, -0.2) is 58.6 Å². The van der Waals surface area contributed by atoms with Gasteiger partial charge < -0.3 is 9.72 Å². The number of imidazole rings is 1. The number of nitrogens with one attached hydrogen (secondary N) is 1. The van der Waals surface area contributed by atoms with Gasteiger partial charge in [0.25, 0.3) is 0 Å². The summed E-state index contributed by atoms with van der Waals surface area (Å²) in [7, 11) is 1.73. The fraction of sp³-hybridized carbons (Fsp3) is 0.550. The smallest absolute Gasteiger partial charge is 0.120 e. The van der Waals surface area contributed by atoms with Crippen LogP contribution in [0.15, 0.2) is 36.7 Å². The Bertz CT molecular complexity index is 706. The molecule has 2 bridgehead atoms. The number of likely N-dealkylation sites (tertiary alicyclic amines) is 1. The van der Waals surface area contributed by atoms with Crippen LogP contribution in [0.25, 0.3) is 0 Å². The maximum atomic E-state index is 5.35. The number of piperidine rings is 3. The average Bonchev–Trinajstić information content (AvgIpc) is 3.32. The van der Waals surface area contributed by atoms with Gasteiger partial charge in [0.2, 0.25) is 0 Å². The standard InChI is InChI=1S/C20H26N4O/c1-25-16-4-2-14(3-5-16)17-12-24(13-18-21-8-9-22-18)19-15-6-10-23(11-7-15)20(17)19/h2-5,8-9,15,17,19-20H,6-7,10-13H2,1H3,(H,21,22)/t17-,19+,20+/m0/s1. The number of methoxy groups -OCH3 is 1. The number of H-pyrrole nitrogens is 1. The monoisotopic (exact) mass is 338 g/mol. The second-order valence-corrected chi connectivity index (χ2v) is 7.70. The number of ether oxygens (including phenoxy) is 1. The zero-order chi connectivity index (χ0) is 16.8. The van der Waals surface area contributed by atoms with E-state index in [-0.39, 0.29) is 0 Å². The lowest BCUT2D eigenvalue weighted by Gasteiger charge is -2.51. The van der Waals surface area contributed by atoms with E-state index in [1.54, 1.807) is 7.11 Å². The summed E-state index contributed by atoms with van der Waals surface area (Å²) in [6.45, 7) is 4.60. The second-order valence-electron chi connectivity index (χ2n) is 7.70. The van der Waals surface area contributed by atoms with Crippen LogP contribution in [0.4, 0.5) is 0 Å². The van der Waals surface area contributed by atoms with E-state index in [0.29, 0.717) is 18.0 Å². The topological polar surface area (TPSA) is 44.4 Å². The molecule has 132 valence electrons. The van der Waals surface area contributed by atoms with E-state index in [1.165, 1.54) is 31.5 Å². The molecule has 2 aromatic rings. The molecule has 5 heteroatoms. The van der Waals surface area contributed by atoms with Crippen molar-refractivity contribution in [2.24, 2.45) is 5.92 Å². The molecule has 4 aliphatic rings. The third-order valence-corrected chi connectivity index (χ3v) is 6.55. The Morgan fingerprint density at radius 2 is 1.96 bits per heavy atom.